The molecule has 2 rings (SSSR count). The Morgan fingerprint density at radius 2 is 2.25 bits per heavy atom. The lowest BCUT2D eigenvalue weighted by molar-refractivity contribution is 0.160. The molecule has 0 unspecified atom stereocenters. The fraction of sp³-hybridized carbons (Fsp3) is 0.167. The van der Waals surface area contributed by atoms with Gasteiger partial charge in [-0.1, -0.05) is 24.3 Å². The number of anilines is 1. The van der Waals surface area contributed by atoms with E-state index in [1.807, 2.05) is 30.3 Å². The maximum atomic E-state index is 11.7. The van der Waals surface area contributed by atoms with Gasteiger partial charge in [0.05, 0.1) is 12.3 Å². The molecule has 4 nitrogen and oxygen atoms in total. The van der Waals surface area contributed by atoms with Crippen LogP contribution >= 0.6 is 0 Å². The number of carbonyl (C=O) groups excluding carboxylic acids is 1. The standard InChI is InChI=1S/C12H12N2O2/c1-2-16-12(15)14-11-8-4-3-6-10(11)7-5-9-13-14/h3-9H,2H2,1H3. The van der Waals surface area contributed by atoms with E-state index >= 15 is 0 Å². The molecule has 1 aliphatic rings. The van der Waals surface area contributed by atoms with Crippen molar-refractivity contribution in [3.8, 4) is 0 Å². The Morgan fingerprint density at radius 3 is 3.06 bits per heavy atom. The highest BCUT2D eigenvalue weighted by Gasteiger charge is 2.18. The molecule has 1 heterocycles. The van der Waals surface area contributed by atoms with Gasteiger partial charge >= 0.3 is 6.09 Å². The number of fused-ring (bicyclic) bond motifs is 1. The summed E-state index contributed by atoms with van der Waals surface area (Å²) in [6.45, 7) is 2.10. The average Bonchev–Trinajstić information content (AvgIpc) is 2.51. The van der Waals surface area contributed by atoms with Gasteiger partial charge in [-0.25, -0.2) is 4.79 Å². The Balaban J connectivity index is 2.38. The van der Waals surface area contributed by atoms with Crippen LogP contribution in [0.3, 0.4) is 0 Å². The predicted molar refractivity (Wildman–Crippen MR) is 63.5 cm³/mol. The lowest BCUT2D eigenvalue weighted by Crippen LogP contribution is -2.26. The van der Waals surface area contributed by atoms with E-state index in [4.69, 9.17) is 4.74 Å². The van der Waals surface area contributed by atoms with Crippen LogP contribution in [0.4, 0.5) is 10.5 Å². The first-order valence-corrected chi connectivity index (χ1v) is 5.09. The molecule has 0 bridgehead atoms. The molecule has 0 spiro atoms. The molecule has 0 saturated carbocycles. The summed E-state index contributed by atoms with van der Waals surface area (Å²) in [6.07, 6.45) is 4.79. The first kappa shape index (κ1) is 10.4. The molecular weight excluding hydrogens is 204 g/mol. The van der Waals surface area contributed by atoms with E-state index in [9.17, 15) is 4.79 Å². The lowest BCUT2D eigenvalue weighted by Gasteiger charge is -2.17. The molecule has 0 N–H and O–H groups in total. The van der Waals surface area contributed by atoms with Gasteiger partial charge in [-0.05, 0) is 19.1 Å². The average molecular weight is 216 g/mol. The zero-order valence-electron chi connectivity index (χ0n) is 8.96. The maximum Gasteiger partial charge on any atom is 0.435 e. The quantitative estimate of drug-likeness (QED) is 0.724. The van der Waals surface area contributed by atoms with Crippen LogP contribution in [0.1, 0.15) is 12.5 Å². The Bertz CT molecular complexity index is 452. The molecule has 1 aromatic carbocycles. The van der Waals surface area contributed by atoms with Crippen LogP contribution in [0, 0.1) is 0 Å². The fourth-order valence-corrected chi connectivity index (χ4v) is 1.47. The summed E-state index contributed by atoms with van der Waals surface area (Å²) in [5.74, 6) is 0. The van der Waals surface area contributed by atoms with Crippen LogP contribution in [0.25, 0.3) is 6.08 Å². The number of hydrogen-bond donors (Lipinski definition) is 0. The van der Waals surface area contributed by atoms with Crippen LogP contribution in [0.15, 0.2) is 35.4 Å². The van der Waals surface area contributed by atoms with Gasteiger partial charge in [0.15, 0.2) is 0 Å². The molecule has 4 heteroatoms. The summed E-state index contributed by atoms with van der Waals surface area (Å²) < 4.78 is 4.94. The number of ether oxygens (including phenoxy) is 1. The number of allylic oxidation sites excluding steroid dienone is 1. The molecule has 1 aromatic rings. The summed E-state index contributed by atoms with van der Waals surface area (Å²) in [7, 11) is 0. The van der Waals surface area contributed by atoms with E-state index in [-0.39, 0.29) is 0 Å². The van der Waals surface area contributed by atoms with Crippen molar-refractivity contribution in [3.63, 3.8) is 0 Å². The SMILES string of the molecule is CCOC(=O)N1N=CC=Cc2ccccc21. The fourth-order valence-electron chi connectivity index (χ4n) is 1.47. The first-order chi connectivity index (χ1) is 7.83. The summed E-state index contributed by atoms with van der Waals surface area (Å²) in [6, 6.07) is 7.53. The summed E-state index contributed by atoms with van der Waals surface area (Å²) in [4.78, 5) is 11.7. The van der Waals surface area contributed by atoms with Crippen molar-refractivity contribution in [2.75, 3.05) is 11.6 Å². The minimum Gasteiger partial charge on any atom is -0.448 e. The van der Waals surface area contributed by atoms with Gasteiger partial charge in [-0.3, -0.25) is 0 Å². The molecule has 16 heavy (non-hydrogen) atoms. The largest absolute Gasteiger partial charge is 0.448 e. The Labute approximate surface area is 93.8 Å². The molecule has 82 valence electrons. The number of rotatable bonds is 1. The van der Waals surface area contributed by atoms with E-state index in [0.29, 0.717) is 6.61 Å². The minimum atomic E-state index is -0.463. The second-order valence-corrected chi connectivity index (χ2v) is 3.19. The molecule has 1 aliphatic heterocycles. The third kappa shape index (κ3) is 1.95. The van der Waals surface area contributed by atoms with E-state index in [2.05, 4.69) is 5.10 Å². The van der Waals surface area contributed by atoms with Crippen LogP contribution < -0.4 is 5.01 Å². The number of para-hydroxylation sites is 1. The molecule has 1 amide bonds. The maximum absolute atomic E-state index is 11.7. The van der Waals surface area contributed by atoms with Crippen molar-refractivity contribution in [2.45, 2.75) is 6.92 Å². The smallest absolute Gasteiger partial charge is 0.435 e. The van der Waals surface area contributed by atoms with Crippen molar-refractivity contribution in [1.82, 2.24) is 0 Å². The minimum absolute atomic E-state index is 0.334. The van der Waals surface area contributed by atoms with E-state index in [1.165, 1.54) is 5.01 Å². The molecule has 0 saturated heterocycles. The number of benzene rings is 1. The Kier molecular flexibility index (Phi) is 3.00. The lowest BCUT2D eigenvalue weighted by atomic mass is 10.1. The van der Waals surface area contributed by atoms with Crippen molar-refractivity contribution in [1.29, 1.82) is 0 Å². The van der Waals surface area contributed by atoms with Crippen molar-refractivity contribution in [2.24, 2.45) is 5.10 Å². The molecule has 0 aromatic heterocycles. The van der Waals surface area contributed by atoms with E-state index in [1.54, 1.807) is 19.2 Å². The van der Waals surface area contributed by atoms with Crippen molar-refractivity contribution >= 4 is 24.1 Å². The molecular formula is C12H12N2O2. The van der Waals surface area contributed by atoms with Crippen molar-refractivity contribution < 1.29 is 9.53 Å². The highest BCUT2D eigenvalue weighted by Crippen LogP contribution is 2.24. The molecule has 0 atom stereocenters. The van der Waals surface area contributed by atoms with Crippen LogP contribution in [0.2, 0.25) is 0 Å². The molecule has 0 aliphatic carbocycles. The van der Waals surface area contributed by atoms with Gasteiger partial charge in [-0.2, -0.15) is 10.1 Å². The topological polar surface area (TPSA) is 41.9 Å². The number of amides is 1. The zero-order chi connectivity index (χ0) is 11.4. The van der Waals surface area contributed by atoms with E-state index < -0.39 is 6.09 Å². The van der Waals surface area contributed by atoms with Gasteiger partial charge in [-0.15, -0.1) is 0 Å². The number of carbonyl (C=O) groups is 1. The Morgan fingerprint density at radius 1 is 1.44 bits per heavy atom. The summed E-state index contributed by atoms with van der Waals surface area (Å²) >= 11 is 0. The van der Waals surface area contributed by atoms with Gasteiger partial charge in [0.25, 0.3) is 0 Å². The Hall–Kier alpha value is -2.10. The second-order valence-electron chi connectivity index (χ2n) is 3.19. The summed E-state index contributed by atoms with van der Waals surface area (Å²) in [5, 5.41) is 5.29. The summed E-state index contributed by atoms with van der Waals surface area (Å²) in [5.41, 5.74) is 1.67. The zero-order valence-corrected chi connectivity index (χ0v) is 8.96. The predicted octanol–water partition coefficient (Wildman–Crippen LogP) is 2.66. The first-order valence-electron chi connectivity index (χ1n) is 5.09. The van der Waals surface area contributed by atoms with Crippen LogP contribution in [-0.4, -0.2) is 18.9 Å². The van der Waals surface area contributed by atoms with Crippen molar-refractivity contribution in [3.05, 3.63) is 35.9 Å². The molecule has 0 radical (unpaired) electrons. The van der Waals surface area contributed by atoms with Gasteiger partial charge < -0.3 is 4.74 Å². The normalized spacial score (nSPS) is 13.2. The van der Waals surface area contributed by atoms with Gasteiger partial charge in [0, 0.05) is 11.8 Å². The van der Waals surface area contributed by atoms with Crippen LogP contribution in [-0.2, 0) is 4.74 Å². The highest BCUT2D eigenvalue weighted by molar-refractivity contribution is 5.95. The van der Waals surface area contributed by atoms with Gasteiger partial charge in [0.2, 0.25) is 0 Å². The molecule has 0 fully saturated rings. The third-order valence-corrected chi connectivity index (χ3v) is 2.15. The third-order valence-electron chi connectivity index (χ3n) is 2.15. The monoisotopic (exact) mass is 216 g/mol. The van der Waals surface area contributed by atoms with Crippen LogP contribution in [0.5, 0.6) is 0 Å². The number of hydrazone groups is 1. The highest BCUT2D eigenvalue weighted by atomic mass is 16.6. The van der Waals surface area contributed by atoms with Gasteiger partial charge in [0.1, 0.15) is 0 Å². The van der Waals surface area contributed by atoms with E-state index in [0.717, 1.165) is 11.3 Å². The number of hydrogen-bond acceptors (Lipinski definition) is 3. The number of nitrogens with zero attached hydrogens (tertiary/aromatic N) is 2. The second kappa shape index (κ2) is 4.61.